The van der Waals surface area contributed by atoms with Crippen LogP contribution in [0.3, 0.4) is 0 Å². The standard InChI is InChI=1S/C16H19N3O2/c1-3-16(13-7-5-9-15(10-13)19(20)21)17-11-14-8-4-6-12(2)18-14/h4-10,16-17H,3,11H2,1-2H3. The van der Waals surface area contributed by atoms with Crippen LogP contribution < -0.4 is 5.32 Å². The van der Waals surface area contributed by atoms with E-state index in [9.17, 15) is 10.1 Å². The molecule has 1 unspecified atom stereocenters. The number of non-ortho nitro benzene ring substituents is 1. The predicted molar refractivity (Wildman–Crippen MR) is 81.9 cm³/mol. The van der Waals surface area contributed by atoms with Gasteiger partial charge in [-0.15, -0.1) is 0 Å². The maximum absolute atomic E-state index is 10.9. The molecule has 0 saturated heterocycles. The molecule has 0 aliphatic heterocycles. The number of hydrogen-bond donors (Lipinski definition) is 1. The average Bonchev–Trinajstić information content (AvgIpc) is 2.48. The number of benzene rings is 1. The first-order valence-corrected chi connectivity index (χ1v) is 7.00. The molecule has 0 saturated carbocycles. The van der Waals surface area contributed by atoms with Crippen molar-refractivity contribution in [3.63, 3.8) is 0 Å². The van der Waals surface area contributed by atoms with Crippen LogP contribution in [0, 0.1) is 17.0 Å². The zero-order valence-electron chi connectivity index (χ0n) is 12.2. The highest BCUT2D eigenvalue weighted by atomic mass is 16.6. The minimum atomic E-state index is -0.363. The number of pyridine rings is 1. The van der Waals surface area contributed by atoms with Crippen molar-refractivity contribution in [1.29, 1.82) is 0 Å². The lowest BCUT2D eigenvalue weighted by molar-refractivity contribution is -0.384. The van der Waals surface area contributed by atoms with Crippen molar-refractivity contribution in [2.75, 3.05) is 0 Å². The van der Waals surface area contributed by atoms with Gasteiger partial charge in [0.25, 0.3) is 5.69 Å². The fourth-order valence-corrected chi connectivity index (χ4v) is 2.28. The van der Waals surface area contributed by atoms with E-state index in [-0.39, 0.29) is 16.7 Å². The van der Waals surface area contributed by atoms with Crippen LogP contribution in [0.4, 0.5) is 5.69 Å². The van der Waals surface area contributed by atoms with Gasteiger partial charge in [0.15, 0.2) is 0 Å². The Labute approximate surface area is 124 Å². The molecular formula is C16H19N3O2. The summed E-state index contributed by atoms with van der Waals surface area (Å²) in [5.74, 6) is 0. The van der Waals surface area contributed by atoms with Crippen molar-refractivity contribution in [1.82, 2.24) is 10.3 Å². The molecule has 110 valence electrons. The van der Waals surface area contributed by atoms with Crippen LogP contribution in [0.15, 0.2) is 42.5 Å². The van der Waals surface area contributed by atoms with Crippen molar-refractivity contribution >= 4 is 5.69 Å². The van der Waals surface area contributed by atoms with Crippen molar-refractivity contribution in [2.24, 2.45) is 0 Å². The predicted octanol–water partition coefficient (Wildman–Crippen LogP) is 3.54. The minimum absolute atomic E-state index is 0.0761. The number of nitrogens with one attached hydrogen (secondary N) is 1. The molecule has 1 aromatic heterocycles. The number of nitro groups is 1. The van der Waals surface area contributed by atoms with Gasteiger partial charge >= 0.3 is 0 Å². The van der Waals surface area contributed by atoms with E-state index in [2.05, 4.69) is 17.2 Å². The summed E-state index contributed by atoms with van der Waals surface area (Å²) in [6.07, 6.45) is 0.854. The molecule has 0 fully saturated rings. The Bertz CT molecular complexity index is 628. The molecule has 0 radical (unpaired) electrons. The van der Waals surface area contributed by atoms with Gasteiger partial charge in [-0.25, -0.2) is 0 Å². The zero-order valence-corrected chi connectivity index (χ0v) is 12.2. The molecule has 0 amide bonds. The van der Waals surface area contributed by atoms with Crippen LogP contribution in [0.25, 0.3) is 0 Å². The second-order valence-electron chi connectivity index (χ2n) is 4.96. The number of rotatable bonds is 6. The summed E-state index contributed by atoms with van der Waals surface area (Å²) in [6.45, 7) is 4.66. The van der Waals surface area contributed by atoms with E-state index in [0.717, 1.165) is 23.4 Å². The van der Waals surface area contributed by atoms with Gasteiger partial charge < -0.3 is 5.32 Å². The quantitative estimate of drug-likeness (QED) is 0.651. The second-order valence-corrected chi connectivity index (χ2v) is 4.96. The van der Waals surface area contributed by atoms with Crippen LogP contribution in [0.5, 0.6) is 0 Å². The molecule has 0 aliphatic carbocycles. The first kappa shape index (κ1) is 15.1. The number of nitro benzene ring substituents is 1. The van der Waals surface area contributed by atoms with Gasteiger partial charge in [-0.05, 0) is 31.0 Å². The summed E-state index contributed by atoms with van der Waals surface area (Å²) in [6, 6.07) is 12.8. The Morgan fingerprint density at radius 3 is 2.71 bits per heavy atom. The Morgan fingerprint density at radius 2 is 2.05 bits per heavy atom. The largest absolute Gasteiger partial charge is 0.304 e. The van der Waals surface area contributed by atoms with Gasteiger partial charge in [-0.3, -0.25) is 15.1 Å². The summed E-state index contributed by atoms with van der Waals surface area (Å²) >= 11 is 0. The molecule has 0 aliphatic rings. The fourth-order valence-electron chi connectivity index (χ4n) is 2.28. The molecule has 0 bridgehead atoms. The molecule has 1 aromatic carbocycles. The van der Waals surface area contributed by atoms with Gasteiger partial charge in [-0.2, -0.15) is 0 Å². The molecule has 1 atom stereocenters. The van der Waals surface area contributed by atoms with E-state index < -0.39 is 0 Å². The Balaban J connectivity index is 2.09. The minimum Gasteiger partial charge on any atom is -0.304 e. The van der Waals surface area contributed by atoms with E-state index in [1.807, 2.05) is 31.2 Å². The summed E-state index contributed by atoms with van der Waals surface area (Å²) in [5.41, 5.74) is 3.01. The SMILES string of the molecule is CCC(NCc1cccc(C)n1)c1cccc([N+](=O)[O-])c1. The molecule has 1 heterocycles. The highest BCUT2D eigenvalue weighted by molar-refractivity contribution is 5.35. The third-order valence-corrected chi connectivity index (χ3v) is 3.37. The highest BCUT2D eigenvalue weighted by Crippen LogP contribution is 2.21. The number of nitrogens with zero attached hydrogens (tertiary/aromatic N) is 2. The van der Waals surface area contributed by atoms with E-state index in [1.165, 1.54) is 6.07 Å². The number of aromatic nitrogens is 1. The number of hydrogen-bond acceptors (Lipinski definition) is 4. The monoisotopic (exact) mass is 285 g/mol. The van der Waals surface area contributed by atoms with E-state index in [1.54, 1.807) is 12.1 Å². The van der Waals surface area contributed by atoms with Gasteiger partial charge in [0.1, 0.15) is 0 Å². The molecule has 5 nitrogen and oxygen atoms in total. The lowest BCUT2D eigenvalue weighted by Gasteiger charge is -2.17. The van der Waals surface area contributed by atoms with Gasteiger partial charge in [0, 0.05) is 30.4 Å². The Kier molecular flexibility index (Phi) is 5.00. The zero-order chi connectivity index (χ0) is 15.2. The molecule has 2 rings (SSSR count). The van der Waals surface area contributed by atoms with Crippen LogP contribution >= 0.6 is 0 Å². The van der Waals surface area contributed by atoms with E-state index >= 15 is 0 Å². The van der Waals surface area contributed by atoms with Crippen molar-refractivity contribution in [2.45, 2.75) is 32.9 Å². The molecule has 21 heavy (non-hydrogen) atoms. The first-order chi connectivity index (χ1) is 10.1. The van der Waals surface area contributed by atoms with Crippen LogP contribution in [-0.4, -0.2) is 9.91 Å². The van der Waals surface area contributed by atoms with Gasteiger partial charge in [0.05, 0.1) is 10.6 Å². The molecule has 0 spiro atoms. The summed E-state index contributed by atoms with van der Waals surface area (Å²) in [7, 11) is 0. The summed E-state index contributed by atoms with van der Waals surface area (Å²) < 4.78 is 0. The number of aryl methyl sites for hydroxylation is 1. The maximum atomic E-state index is 10.9. The third kappa shape index (κ3) is 4.10. The average molecular weight is 285 g/mol. The van der Waals surface area contributed by atoms with Crippen LogP contribution in [-0.2, 0) is 6.54 Å². The highest BCUT2D eigenvalue weighted by Gasteiger charge is 2.13. The van der Waals surface area contributed by atoms with Crippen molar-refractivity contribution in [3.05, 3.63) is 69.5 Å². The van der Waals surface area contributed by atoms with Gasteiger partial charge in [0.2, 0.25) is 0 Å². The summed E-state index contributed by atoms with van der Waals surface area (Å²) in [5, 5.41) is 14.3. The van der Waals surface area contributed by atoms with Gasteiger partial charge in [-0.1, -0.05) is 25.1 Å². The first-order valence-electron chi connectivity index (χ1n) is 7.00. The normalized spacial score (nSPS) is 12.1. The van der Waals surface area contributed by atoms with E-state index in [0.29, 0.717) is 6.54 Å². The maximum Gasteiger partial charge on any atom is 0.269 e. The third-order valence-electron chi connectivity index (χ3n) is 3.37. The van der Waals surface area contributed by atoms with Crippen molar-refractivity contribution < 1.29 is 4.92 Å². The Morgan fingerprint density at radius 1 is 1.29 bits per heavy atom. The van der Waals surface area contributed by atoms with Crippen LogP contribution in [0.2, 0.25) is 0 Å². The second kappa shape index (κ2) is 6.95. The molecule has 1 N–H and O–H groups in total. The Hall–Kier alpha value is -2.27. The smallest absolute Gasteiger partial charge is 0.269 e. The molecule has 5 heteroatoms. The van der Waals surface area contributed by atoms with Crippen LogP contribution in [0.1, 0.15) is 36.3 Å². The molecule has 2 aromatic rings. The topological polar surface area (TPSA) is 68.1 Å². The van der Waals surface area contributed by atoms with E-state index in [4.69, 9.17) is 0 Å². The summed E-state index contributed by atoms with van der Waals surface area (Å²) in [4.78, 5) is 14.9. The lowest BCUT2D eigenvalue weighted by atomic mass is 10.0. The molecular weight excluding hydrogens is 266 g/mol. The fraction of sp³-hybridized carbons (Fsp3) is 0.312. The van der Waals surface area contributed by atoms with Crippen molar-refractivity contribution in [3.8, 4) is 0 Å². The lowest BCUT2D eigenvalue weighted by Crippen LogP contribution is -2.21.